The molecule has 0 unspecified atom stereocenters. The SMILES string of the molecule is COc1cnc(Nc2nc(C)cs2)c(OCc2ccccc2)c1. The molecule has 0 bridgehead atoms. The number of aryl methyl sites for hydroxylation is 1. The Bertz CT molecular complexity index is 775. The summed E-state index contributed by atoms with van der Waals surface area (Å²) in [7, 11) is 1.61. The monoisotopic (exact) mass is 327 g/mol. The number of aromatic nitrogens is 2. The summed E-state index contributed by atoms with van der Waals surface area (Å²) in [6, 6.07) is 11.8. The minimum atomic E-state index is 0.460. The van der Waals surface area contributed by atoms with Crippen LogP contribution in [0.1, 0.15) is 11.3 Å². The number of benzene rings is 1. The van der Waals surface area contributed by atoms with Crippen LogP contribution in [0.5, 0.6) is 11.5 Å². The molecule has 0 spiro atoms. The summed E-state index contributed by atoms with van der Waals surface area (Å²) in [5.41, 5.74) is 2.06. The van der Waals surface area contributed by atoms with E-state index in [1.54, 1.807) is 13.3 Å². The van der Waals surface area contributed by atoms with Gasteiger partial charge >= 0.3 is 0 Å². The average molecular weight is 327 g/mol. The first-order valence-corrected chi connectivity index (χ1v) is 8.02. The number of hydrogen-bond donors (Lipinski definition) is 1. The van der Waals surface area contributed by atoms with Crippen LogP contribution in [0.2, 0.25) is 0 Å². The first kappa shape index (κ1) is 15.3. The van der Waals surface area contributed by atoms with Crippen LogP contribution in [0.25, 0.3) is 0 Å². The van der Waals surface area contributed by atoms with Crippen LogP contribution in [0.4, 0.5) is 10.9 Å². The van der Waals surface area contributed by atoms with Gasteiger partial charge < -0.3 is 14.8 Å². The second kappa shape index (κ2) is 7.11. The Labute approximate surface area is 138 Å². The zero-order valence-corrected chi connectivity index (χ0v) is 13.8. The number of nitrogens with zero attached hydrogens (tertiary/aromatic N) is 2. The van der Waals surface area contributed by atoms with Gasteiger partial charge in [-0.15, -0.1) is 11.3 Å². The van der Waals surface area contributed by atoms with Crippen LogP contribution in [-0.4, -0.2) is 17.1 Å². The van der Waals surface area contributed by atoms with Crippen LogP contribution < -0.4 is 14.8 Å². The molecule has 2 heterocycles. The number of ether oxygens (including phenoxy) is 2. The Kier molecular flexibility index (Phi) is 4.73. The third kappa shape index (κ3) is 3.98. The quantitative estimate of drug-likeness (QED) is 0.736. The highest BCUT2D eigenvalue weighted by molar-refractivity contribution is 7.13. The van der Waals surface area contributed by atoms with E-state index in [9.17, 15) is 0 Å². The molecule has 0 aliphatic rings. The van der Waals surface area contributed by atoms with Gasteiger partial charge in [-0.2, -0.15) is 0 Å². The summed E-state index contributed by atoms with van der Waals surface area (Å²) in [6.45, 7) is 2.41. The zero-order valence-electron chi connectivity index (χ0n) is 12.9. The number of pyridine rings is 1. The minimum Gasteiger partial charge on any atom is -0.495 e. The van der Waals surface area contributed by atoms with Crippen molar-refractivity contribution in [3.05, 3.63) is 59.2 Å². The van der Waals surface area contributed by atoms with Crippen molar-refractivity contribution < 1.29 is 9.47 Å². The van der Waals surface area contributed by atoms with Crippen molar-refractivity contribution in [3.63, 3.8) is 0 Å². The molecule has 0 amide bonds. The Morgan fingerprint density at radius 2 is 2.04 bits per heavy atom. The molecule has 3 rings (SSSR count). The van der Waals surface area contributed by atoms with Crippen molar-refractivity contribution in [2.24, 2.45) is 0 Å². The summed E-state index contributed by atoms with van der Waals surface area (Å²) in [4.78, 5) is 8.76. The maximum atomic E-state index is 5.92. The van der Waals surface area contributed by atoms with Crippen molar-refractivity contribution in [3.8, 4) is 11.5 Å². The van der Waals surface area contributed by atoms with Crippen LogP contribution >= 0.6 is 11.3 Å². The molecular weight excluding hydrogens is 310 g/mol. The normalized spacial score (nSPS) is 10.3. The van der Waals surface area contributed by atoms with E-state index >= 15 is 0 Å². The molecule has 1 aromatic carbocycles. The molecule has 0 atom stereocenters. The predicted molar refractivity (Wildman–Crippen MR) is 91.7 cm³/mol. The lowest BCUT2D eigenvalue weighted by molar-refractivity contribution is 0.304. The van der Waals surface area contributed by atoms with Crippen molar-refractivity contribution in [1.29, 1.82) is 0 Å². The maximum Gasteiger partial charge on any atom is 0.188 e. The van der Waals surface area contributed by atoms with Crippen molar-refractivity contribution in [1.82, 2.24) is 9.97 Å². The Balaban J connectivity index is 1.80. The van der Waals surface area contributed by atoms with Crippen LogP contribution in [0.15, 0.2) is 48.0 Å². The third-order valence-electron chi connectivity index (χ3n) is 3.14. The average Bonchev–Trinajstić information content (AvgIpc) is 3.00. The largest absolute Gasteiger partial charge is 0.495 e. The number of nitrogens with one attached hydrogen (secondary N) is 1. The van der Waals surface area contributed by atoms with Gasteiger partial charge in [-0.05, 0) is 12.5 Å². The van der Waals surface area contributed by atoms with E-state index in [0.29, 0.717) is 23.9 Å². The molecule has 0 fully saturated rings. The lowest BCUT2D eigenvalue weighted by Crippen LogP contribution is -2.01. The van der Waals surface area contributed by atoms with Gasteiger partial charge in [0.2, 0.25) is 0 Å². The van der Waals surface area contributed by atoms with E-state index in [2.05, 4.69) is 15.3 Å². The highest BCUT2D eigenvalue weighted by Crippen LogP contribution is 2.30. The number of methoxy groups -OCH3 is 1. The summed E-state index contributed by atoms with van der Waals surface area (Å²) in [5.74, 6) is 1.89. The lowest BCUT2D eigenvalue weighted by Gasteiger charge is -2.12. The van der Waals surface area contributed by atoms with E-state index in [0.717, 1.165) is 16.4 Å². The number of hydrogen-bond acceptors (Lipinski definition) is 6. The molecule has 3 aromatic rings. The second-order valence-corrected chi connectivity index (χ2v) is 5.77. The van der Waals surface area contributed by atoms with Gasteiger partial charge in [0.25, 0.3) is 0 Å². The van der Waals surface area contributed by atoms with Crippen LogP contribution in [0.3, 0.4) is 0 Å². The topological polar surface area (TPSA) is 56.3 Å². The predicted octanol–water partition coefficient (Wildman–Crippen LogP) is 4.18. The first-order chi connectivity index (χ1) is 11.2. The van der Waals surface area contributed by atoms with E-state index in [1.807, 2.05) is 48.7 Å². The third-order valence-corrected chi connectivity index (χ3v) is 4.02. The van der Waals surface area contributed by atoms with E-state index in [1.165, 1.54) is 11.3 Å². The van der Waals surface area contributed by atoms with Crippen LogP contribution in [-0.2, 0) is 6.61 Å². The molecule has 0 radical (unpaired) electrons. The lowest BCUT2D eigenvalue weighted by atomic mass is 10.2. The van der Waals surface area contributed by atoms with Gasteiger partial charge in [-0.1, -0.05) is 30.3 Å². The molecular formula is C17H17N3O2S. The summed E-state index contributed by atoms with van der Waals surface area (Å²) in [5, 5.41) is 5.96. The minimum absolute atomic E-state index is 0.460. The maximum absolute atomic E-state index is 5.92. The zero-order chi connectivity index (χ0) is 16.1. The summed E-state index contributed by atoms with van der Waals surface area (Å²) in [6.07, 6.45) is 1.65. The fourth-order valence-corrected chi connectivity index (χ4v) is 2.68. The summed E-state index contributed by atoms with van der Waals surface area (Å²) < 4.78 is 11.1. The van der Waals surface area contributed by atoms with Crippen molar-refractivity contribution >= 4 is 22.3 Å². The number of thiazole rings is 1. The Hall–Kier alpha value is -2.60. The molecule has 1 N–H and O–H groups in total. The molecule has 23 heavy (non-hydrogen) atoms. The standard InChI is InChI=1S/C17H17N3O2S/c1-12-11-23-17(19-12)20-16-15(8-14(21-2)9-18-16)22-10-13-6-4-3-5-7-13/h3-9,11H,10H2,1-2H3,(H,18,19,20). The molecule has 0 aliphatic carbocycles. The molecule has 0 saturated carbocycles. The number of anilines is 2. The highest BCUT2D eigenvalue weighted by Gasteiger charge is 2.10. The van der Waals surface area contributed by atoms with E-state index in [-0.39, 0.29) is 0 Å². The molecule has 6 heteroatoms. The van der Waals surface area contributed by atoms with Gasteiger partial charge in [0.1, 0.15) is 12.4 Å². The fraction of sp³-hybridized carbons (Fsp3) is 0.176. The van der Waals surface area contributed by atoms with E-state index < -0.39 is 0 Å². The van der Waals surface area contributed by atoms with Gasteiger partial charge in [0.15, 0.2) is 16.7 Å². The summed E-state index contributed by atoms with van der Waals surface area (Å²) >= 11 is 1.53. The smallest absolute Gasteiger partial charge is 0.188 e. The highest BCUT2D eigenvalue weighted by atomic mass is 32.1. The van der Waals surface area contributed by atoms with Gasteiger partial charge in [0, 0.05) is 11.4 Å². The Morgan fingerprint density at radius 3 is 2.74 bits per heavy atom. The fourth-order valence-electron chi connectivity index (χ4n) is 1.99. The Morgan fingerprint density at radius 1 is 1.22 bits per heavy atom. The van der Waals surface area contributed by atoms with Crippen LogP contribution in [0, 0.1) is 6.92 Å². The van der Waals surface area contributed by atoms with Crippen molar-refractivity contribution in [2.75, 3.05) is 12.4 Å². The molecule has 0 saturated heterocycles. The van der Waals surface area contributed by atoms with Gasteiger partial charge in [-0.3, -0.25) is 0 Å². The van der Waals surface area contributed by atoms with E-state index in [4.69, 9.17) is 9.47 Å². The number of rotatable bonds is 6. The van der Waals surface area contributed by atoms with Crippen molar-refractivity contribution in [2.45, 2.75) is 13.5 Å². The molecule has 0 aliphatic heterocycles. The molecule has 5 nitrogen and oxygen atoms in total. The second-order valence-electron chi connectivity index (χ2n) is 4.92. The van der Waals surface area contributed by atoms with Gasteiger partial charge in [-0.25, -0.2) is 9.97 Å². The molecule has 118 valence electrons. The molecule has 2 aromatic heterocycles. The van der Waals surface area contributed by atoms with Gasteiger partial charge in [0.05, 0.1) is 19.0 Å². The first-order valence-electron chi connectivity index (χ1n) is 7.14.